The zero-order chi connectivity index (χ0) is 12.3. The third-order valence-corrected chi connectivity index (χ3v) is 2.09. The fourth-order valence-electron chi connectivity index (χ4n) is 1.27. The van der Waals surface area contributed by atoms with Crippen molar-refractivity contribution in [3.05, 3.63) is 29.8 Å². The number of hydrogen-bond acceptors (Lipinski definition) is 5. The fraction of sp³-hybridized carbons (Fsp3) is 0.100. The van der Waals surface area contributed by atoms with Gasteiger partial charge in [0.2, 0.25) is 11.7 Å². The van der Waals surface area contributed by atoms with Gasteiger partial charge in [0, 0.05) is 11.1 Å². The van der Waals surface area contributed by atoms with Gasteiger partial charge in [-0.3, -0.25) is 4.79 Å². The van der Waals surface area contributed by atoms with Crippen molar-refractivity contribution >= 4 is 5.91 Å². The molecule has 0 saturated carbocycles. The van der Waals surface area contributed by atoms with Gasteiger partial charge in [-0.25, -0.2) is 0 Å². The molecule has 0 atom stereocenters. The monoisotopic (exact) mass is 228 g/mol. The minimum Gasteiger partial charge on any atom is -0.366 e. The number of benzene rings is 1. The van der Waals surface area contributed by atoms with Gasteiger partial charge >= 0.3 is 0 Å². The predicted octanol–water partition coefficient (Wildman–Crippen LogP) is -0.0374. The van der Waals surface area contributed by atoms with E-state index in [4.69, 9.17) is 11.0 Å². The number of nitrogens with zero attached hydrogens (tertiary/aromatic N) is 5. The van der Waals surface area contributed by atoms with Crippen LogP contribution in [-0.4, -0.2) is 26.1 Å². The number of tetrazole rings is 1. The molecule has 0 bridgehead atoms. The predicted molar refractivity (Wildman–Crippen MR) is 57.4 cm³/mol. The van der Waals surface area contributed by atoms with Gasteiger partial charge in [0.15, 0.2) is 0 Å². The van der Waals surface area contributed by atoms with E-state index in [1.807, 2.05) is 6.07 Å². The van der Waals surface area contributed by atoms with Crippen LogP contribution in [0.15, 0.2) is 24.3 Å². The van der Waals surface area contributed by atoms with Crippen molar-refractivity contribution in [2.75, 3.05) is 0 Å². The number of nitrogens with two attached hydrogens (primary N) is 1. The van der Waals surface area contributed by atoms with Gasteiger partial charge in [-0.15, -0.1) is 15.0 Å². The Morgan fingerprint density at radius 2 is 2.12 bits per heavy atom. The number of rotatable bonds is 3. The Balaban J connectivity index is 2.27. The summed E-state index contributed by atoms with van der Waals surface area (Å²) in [5.41, 5.74) is 6.25. The molecule has 0 saturated heterocycles. The highest BCUT2D eigenvalue weighted by Gasteiger charge is 2.06. The van der Waals surface area contributed by atoms with Gasteiger partial charge in [-0.05, 0) is 17.3 Å². The second-order valence-electron chi connectivity index (χ2n) is 3.24. The lowest BCUT2D eigenvalue weighted by atomic mass is 10.1. The van der Waals surface area contributed by atoms with Crippen molar-refractivity contribution in [1.82, 2.24) is 20.2 Å². The molecule has 2 N–H and O–H groups in total. The number of nitriles is 1. The molecule has 7 heteroatoms. The van der Waals surface area contributed by atoms with Crippen LogP contribution in [0, 0.1) is 11.3 Å². The minimum absolute atomic E-state index is 0.0480. The Morgan fingerprint density at radius 3 is 2.71 bits per heavy atom. The minimum atomic E-state index is -0.488. The van der Waals surface area contributed by atoms with Crippen molar-refractivity contribution in [3.63, 3.8) is 0 Å². The van der Waals surface area contributed by atoms with Crippen LogP contribution >= 0.6 is 0 Å². The van der Waals surface area contributed by atoms with Gasteiger partial charge in [0.05, 0.1) is 6.07 Å². The summed E-state index contributed by atoms with van der Waals surface area (Å²) in [7, 11) is 0. The molecule has 0 radical (unpaired) electrons. The summed E-state index contributed by atoms with van der Waals surface area (Å²) >= 11 is 0. The molecule has 1 aromatic heterocycles. The lowest BCUT2D eigenvalue weighted by Crippen LogP contribution is -2.10. The number of carbonyl (C=O) groups excluding carboxylic acids is 1. The second-order valence-corrected chi connectivity index (χ2v) is 3.24. The lowest BCUT2D eigenvalue weighted by Gasteiger charge is -1.96. The number of primary amides is 1. The van der Waals surface area contributed by atoms with Crippen LogP contribution in [0.3, 0.4) is 0 Å². The van der Waals surface area contributed by atoms with Gasteiger partial charge < -0.3 is 5.73 Å². The summed E-state index contributed by atoms with van der Waals surface area (Å²) in [6.45, 7) is 0.0480. The van der Waals surface area contributed by atoms with Crippen molar-refractivity contribution in [3.8, 4) is 17.5 Å². The first kappa shape index (κ1) is 10.8. The number of hydrogen-bond donors (Lipinski definition) is 1. The van der Waals surface area contributed by atoms with Gasteiger partial charge in [-0.1, -0.05) is 12.1 Å². The van der Waals surface area contributed by atoms with E-state index in [1.165, 1.54) is 4.80 Å². The fourth-order valence-corrected chi connectivity index (χ4v) is 1.27. The average Bonchev–Trinajstić information content (AvgIpc) is 2.78. The van der Waals surface area contributed by atoms with Crippen molar-refractivity contribution in [2.24, 2.45) is 5.73 Å². The van der Waals surface area contributed by atoms with Crippen molar-refractivity contribution < 1.29 is 4.79 Å². The first-order valence-electron chi connectivity index (χ1n) is 4.75. The Kier molecular flexibility index (Phi) is 2.79. The molecule has 0 aliphatic rings. The Hall–Kier alpha value is -2.75. The largest absolute Gasteiger partial charge is 0.366 e. The highest BCUT2D eigenvalue weighted by atomic mass is 16.1. The van der Waals surface area contributed by atoms with Gasteiger partial charge in [0.25, 0.3) is 0 Å². The molecule has 17 heavy (non-hydrogen) atoms. The summed E-state index contributed by atoms with van der Waals surface area (Å²) in [6.07, 6.45) is 0. The molecule has 0 fully saturated rings. The van der Waals surface area contributed by atoms with Gasteiger partial charge in [0.1, 0.15) is 6.54 Å². The molecule has 0 unspecified atom stereocenters. The summed E-state index contributed by atoms with van der Waals surface area (Å²) in [5.74, 6) is -0.0890. The Labute approximate surface area is 96.5 Å². The van der Waals surface area contributed by atoms with Crippen LogP contribution in [0.2, 0.25) is 0 Å². The molecule has 1 amide bonds. The first-order valence-corrected chi connectivity index (χ1v) is 4.75. The van der Waals surface area contributed by atoms with E-state index in [-0.39, 0.29) is 6.54 Å². The molecule has 0 aliphatic carbocycles. The highest BCUT2D eigenvalue weighted by molar-refractivity contribution is 5.93. The summed E-state index contributed by atoms with van der Waals surface area (Å²) in [5, 5.41) is 20.0. The molecular formula is C10H8N6O. The molecule has 2 rings (SSSR count). The molecule has 0 spiro atoms. The standard InChI is InChI=1S/C10H8N6O/c11-5-6-16-14-10(13-15-16)8-3-1-7(2-4-8)9(12)17/h1-4H,6H2,(H2,12,17). The highest BCUT2D eigenvalue weighted by Crippen LogP contribution is 2.14. The van der Waals surface area contributed by atoms with Crippen LogP contribution in [0.4, 0.5) is 0 Å². The van der Waals surface area contributed by atoms with Crippen LogP contribution in [-0.2, 0) is 6.54 Å². The average molecular weight is 228 g/mol. The smallest absolute Gasteiger partial charge is 0.248 e. The lowest BCUT2D eigenvalue weighted by molar-refractivity contribution is 0.100. The van der Waals surface area contributed by atoms with E-state index < -0.39 is 5.91 Å². The molecule has 0 aliphatic heterocycles. The van der Waals surface area contributed by atoms with E-state index in [0.29, 0.717) is 17.0 Å². The molecule has 1 heterocycles. The maximum atomic E-state index is 10.9. The van der Waals surface area contributed by atoms with Crippen LogP contribution < -0.4 is 5.73 Å². The maximum absolute atomic E-state index is 10.9. The number of amides is 1. The Morgan fingerprint density at radius 1 is 1.41 bits per heavy atom. The van der Waals surface area contributed by atoms with E-state index in [9.17, 15) is 4.79 Å². The van der Waals surface area contributed by atoms with Crippen LogP contribution in [0.1, 0.15) is 10.4 Å². The normalized spacial score (nSPS) is 9.82. The topological polar surface area (TPSA) is 110 Å². The third kappa shape index (κ3) is 2.26. The Bertz CT molecular complexity index is 580. The molecular weight excluding hydrogens is 220 g/mol. The van der Waals surface area contributed by atoms with E-state index in [2.05, 4.69) is 15.4 Å². The number of carbonyl (C=O) groups is 1. The number of aromatic nitrogens is 4. The molecule has 1 aromatic carbocycles. The summed E-state index contributed by atoms with van der Waals surface area (Å²) in [4.78, 5) is 12.1. The van der Waals surface area contributed by atoms with Gasteiger partial charge in [-0.2, -0.15) is 5.26 Å². The molecule has 2 aromatic rings. The first-order chi connectivity index (χ1) is 8.20. The summed E-state index contributed by atoms with van der Waals surface area (Å²) in [6, 6.07) is 8.43. The van der Waals surface area contributed by atoms with Crippen molar-refractivity contribution in [1.29, 1.82) is 5.26 Å². The van der Waals surface area contributed by atoms with E-state index in [0.717, 1.165) is 0 Å². The second kappa shape index (κ2) is 4.40. The third-order valence-electron chi connectivity index (χ3n) is 2.09. The quantitative estimate of drug-likeness (QED) is 0.792. The zero-order valence-electron chi connectivity index (χ0n) is 8.74. The maximum Gasteiger partial charge on any atom is 0.248 e. The van der Waals surface area contributed by atoms with E-state index >= 15 is 0 Å². The SMILES string of the molecule is N#CCn1nnc(-c2ccc(C(N)=O)cc2)n1. The zero-order valence-corrected chi connectivity index (χ0v) is 8.74. The summed E-state index contributed by atoms with van der Waals surface area (Å²) < 4.78 is 0. The van der Waals surface area contributed by atoms with Crippen LogP contribution in [0.5, 0.6) is 0 Å². The van der Waals surface area contributed by atoms with E-state index in [1.54, 1.807) is 24.3 Å². The van der Waals surface area contributed by atoms with Crippen LogP contribution in [0.25, 0.3) is 11.4 Å². The molecule has 84 valence electrons. The van der Waals surface area contributed by atoms with Crippen molar-refractivity contribution in [2.45, 2.75) is 6.54 Å². The molecule has 7 nitrogen and oxygen atoms in total.